The molecule has 128 valence electrons. The summed E-state index contributed by atoms with van der Waals surface area (Å²) in [6.45, 7) is 8.30. The molecular weight excluding hydrogens is 284 g/mol. The van der Waals surface area contributed by atoms with E-state index in [1.54, 1.807) is 0 Å². The SMILES string of the molecule is CC(CC(C)(C)C)C(O)OC12CC(N=O)CC(O)(C1)C(N)C2. The van der Waals surface area contributed by atoms with Crippen molar-refractivity contribution < 1.29 is 14.9 Å². The minimum Gasteiger partial charge on any atom is -0.388 e. The van der Waals surface area contributed by atoms with Gasteiger partial charge < -0.3 is 20.7 Å². The lowest BCUT2D eigenvalue weighted by molar-refractivity contribution is -0.222. The van der Waals surface area contributed by atoms with Crippen molar-refractivity contribution >= 4 is 0 Å². The van der Waals surface area contributed by atoms with Gasteiger partial charge in [-0.05, 0) is 18.3 Å². The van der Waals surface area contributed by atoms with Crippen LogP contribution in [-0.2, 0) is 4.74 Å². The third-order valence-corrected chi connectivity index (χ3v) is 5.05. The fourth-order valence-corrected chi connectivity index (χ4v) is 4.29. The van der Waals surface area contributed by atoms with Crippen molar-refractivity contribution in [3.8, 4) is 0 Å². The van der Waals surface area contributed by atoms with Crippen molar-refractivity contribution in [3.05, 3.63) is 4.91 Å². The molecule has 2 aliphatic rings. The lowest BCUT2D eigenvalue weighted by atomic mass is 9.79. The second-order valence-corrected chi connectivity index (χ2v) is 8.69. The number of ether oxygens (including phenoxy) is 1. The molecule has 6 atom stereocenters. The monoisotopic (exact) mass is 314 g/mol. The number of rotatable bonds is 5. The molecule has 0 aromatic rings. The maximum atomic E-state index is 11.0. The standard InChI is InChI=1S/C16H30N2O4/c1-10(5-14(2,3)4)13(19)22-15-6-11(18-21)7-16(20,9-15)12(17)8-15/h10-13,19-20H,5-9,17H2,1-4H3. The summed E-state index contributed by atoms with van der Waals surface area (Å²) in [4.78, 5) is 11.0. The van der Waals surface area contributed by atoms with Gasteiger partial charge in [0, 0.05) is 31.2 Å². The van der Waals surface area contributed by atoms with Crippen LogP contribution in [0.25, 0.3) is 0 Å². The van der Waals surface area contributed by atoms with Gasteiger partial charge in [-0.2, -0.15) is 4.91 Å². The highest BCUT2D eigenvalue weighted by atomic mass is 16.6. The molecule has 6 unspecified atom stereocenters. The number of aliphatic hydroxyl groups is 2. The summed E-state index contributed by atoms with van der Waals surface area (Å²) in [5.74, 6) is -0.0381. The lowest BCUT2D eigenvalue weighted by Crippen LogP contribution is -2.49. The average molecular weight is 314 g/mol. The number of nitroso groups, excluding NO2 is 1. The molecular formula is C16H30N2O4. The van der Waals surface area contributed by atoms with Gasteiger partial charge in [-0.15, -0.1) is 0 Å². The molecule has 2 bridgehead atoms. The summed E-state index contributed by atoms with van der Waals surface area (Å²) < 4.78 is 5.96. The topological polar surface area (TPSA) is 105 Å². The first-order chi connectivity index (χ1) is 9.99. The molecule has 0 aromatic heterocycles. The minimum atomic E-state index is -1.11. The van der Waals surface area contributed by atoms with E-state index in [9.17, 15) is 15.1 Å². The normalized spacial score (nSPS) is 41.2. The molecule has 0 radical (unpaired) electrons. The van der Waals surface area contributed by atoms with E-state index in [0.29, 0.717) is 19.3 Å². The largest absolute Gasteiger partial charge is 0.388 e. The Kier molecular flexibility index (Phi) is 4.70. The first-order valence-corrected chi connectivity index (χ1v) is 8.15. The maximum Gasteiger partial charge on any atom is 0.157 e. The van der Waals surface area contributed by atoms with Crippen molar-refractivity contribution in [1.29, 1.82) is 0 Å². The number of nitrogens with two attached hydrogens (primary N) is 1. The van der Waals surface area contributed by atoms with Gasteiger partial charge in [-0.1, -0.05) is 32.9 Å². The van der Waals surface area contributed by atoms with Crippen LogP contribution in [0.4, 0.5) is 0 Å². The van der Waals surface area contributed by atoms with E-state index < -0.39 is 29.6 Å². The summed E-state index contributed by atoms with van der Waals surface area (Å²) in [6, 6.07) is -0.943. The van der Waals surface area contributed by atoms with Crippen molar-refractivity contribution in [1.82, 2.24) is 0 Å². The van der Waals surface area contributed by atoms with Gasteiger partial charge in [0.15, 0.2) is 6.29 Å². The molecule has 2 fully saturated rings. The Morgan fingerprint density at radius 1 is 1.36 bits per heavy atom. The van der Waals surface area contributed by atoms with Crippen LogP contribution in [0.1, 0.15) is 59.8 Å². The van der Waals surface area contributed by atoms with Crippen LogP contribution in [0.3, 0.4) is 0 Å². The number of nitrogens with zero attached hydrogens (tertiary/aromatic N) is 1. The first-order valence-electron chi connectivity index (χ1n) is 8.15. The first kappa shape index (κ1) is 17.8. The smallest absolute Gasteiger partial charge is 0.157 e. The number of aliphatic hydroxyl groups excluding tert-OH is 1. The van der Waals surface area contributed by atoms with Gasteiger partial charge in [-0.3, -0.25) is 0 Å². The molecule has 0 heterocycles. The maximum absolute atomic E-state index is 11.0. The minimum absolute atomic E-state index is 0.0381. The molecule has 6 nitrogen and oxygen atoms in total. The van der Waals surface area contributed by atoms with Gasteiger partial charge in [-0.25, -0.2) is 0 Å². The molecule has 6 heteroatoms. The van der Waals surface area contributed by atoms with E-state index in [2.05, 4.69) is 25.9 Å². The van der Waals surface area contributed by atoms with Crippen LogP contribution in [-0.4, -0.2) is 39.8 Å². The average Bonchev–Trinajstić information content (AvgIpc) is 2.52. The van der Waals surface area contributed by atoms with E-state index in [0.717, 1.165) is 6.42 Å². The third-order valence-electron chi connectivity index (χ3n) is 5.05. The molecule has 4 N–H and O–H groups in total. The van der Waals surface area contributed by atoms with E-state index in [1.807, 2.05) is 6.92 Å². The Bertz CT molecular complexity index is 425. The third kappa shape index (κ3) is 3.67. The van der Waals surface area contributed by atoms with E-state index >= 15 is 0 Å². The van der Waals surface area contributed by atoms with Gasteiger partial charge in [0.25, 0.3) is 0 Å². The predicted molar refractivity (Wildman–Crippen MR) is 84.0 cm³/mol. The molecule has 0 aliphatic heterocycles. The van der Waals surface area contributed by atoms with E-state index in [4.69, 9.17) is 10.5 Å². The van der Waals surface area contributed by atoms with E-state index in [1.165, 1.54) is 0 Å². The van der Waals surface area contributed by atoms with E-state index in [-0.39, 0.29) is 17.8 Å². The fraction of sp³-hybridized carbons (Fsp3) is 1.00. The van der Waals surface area contributed by atoms with Crippen molar-refractivity contribution in [2.45, 2.75) is 89.4 Å². The quantitative estimate of drug-likeness (QED) is 0.531. The fourth-order valence-electron chi connectivity index (χ4n) is 4.29. The van der Waals surface area contributed by atoms with Crippen LogP contribution < -0.4 is 5.73 Å². The van der Waals surface area contributed by atoms with Gasteiger partial charge in [0.2, 0.25) is 0 Å². The molecule has 2 saturated carbocycles. The van der Waals surface area contributed by atoms with Crippen LogP contribution in [0.15, 0.2) is 5.18 Å². The molecule has 2 aliphatic carbocycles. The van der Waals surface area contributed by atoms with Crippen molar-refractivity contribution in [2.24, 2.45) is 22.2 Å². The lowest BCUT2D eigenvalue weighted by Gasteiger charge is -2.41. The van der Waals surface area contributed by atoms with Crippen LogP contribution in [0.5, 0.6) is 0 Å². The Morgan fingerprint density at radius 3 is 2.55 bits per heavy atom. The molecule has 0 aromatic carbocycles. The highest BCUT2D eigenvalue weighted by Gasteiger charge is 2.59. The predicted octanol–water partition coefficient (Wildman–Crippen LogP) is 1.91. The van der Waals surface area contributed by atoms with Crippen molar-refractivity contribution in [2.75, 3.05) is 0 Å². The zero-order chi connectivity index (χ0) is 16.8. The Hall–Kier alpha value is -0.560. The number of hydrogen-bond acceptors (Lipinski definition) is 6. The second kappa shape index (κ2) is 5.82. The summed E-state index contributed by atoms with van der Waals surface area (Å²) >= 11 is 0. The van der Waals surface area contributed by atoms with Gasteiger partial charge in [0.05, 0.1) is 17.2 Å². The van der Waals surface area contributed by atoms with Gasteiger partial charge >= 0.3 is 0 Å². The highest BCUT2D eigenvalue weighted by molar-refractivity contribution is 5.14. The van der Waals surface area contributed by atoms with Crippen LogP contribution >= 0.6 is 0 Å². The summed E-state index contributed by atoms with van der Waals surface area (Å²) in [5.41, 5.74) is 4.30. The summed E-state index contributed by atoms with van der Waals surface area (Å²) in [6.07, 6.45) is 1.42. The number of fused-ring (bicyclic) bond motifs is 2. The summed E-state index contributed by atoms with van der Waals surface area (Å²) in [7, 11) is 0. The zero-order valence-electron chi connectivity index (χ0n) is 14.1. The second-order valence-electron chi connectivity index (χ2n) is 8.69. The van der Waals surface area contributed by atoms with Crippen LogP contribution in [0, 0.1) is 16.2 Å². The number of hydrogen-bond donors (Lipinski definition) is 3. The Labute approximate surface area is 132 Å². The Balaban J connectivity index is 2.08. The highest BCUT2D eigenvalue weighted by Crippen LogP contribution is 2.51. The molecule has 22 heavy (non-hydrogen) atoms. The molecule has 0 amide bonds. The molecule has 2 rings (SSSR count). The van der Waals surface area contributed by atoms with Crippen molar-refractivity contribution in [3.63, 3.8) is 0 Å². The zero-order valence-corrected chi connectivity index (χ0v) is 14.1. The van der Waals surface area contributed by atoms with Gasteiger partial charge in [0.1, 0.15) is 0 Å². The Morgan fingerprint density at radius 2 is 2.00 bits per heavy atom. The molecule has 0 spiro atoms. The molecule has 0 saturated heterocycles. The summed E-state index contributed by atoms with van der Waals surface area (Å²) in [5, 5.41) is 24.1. The van der Waals surface area contributed by atoms with Crippen LogP contribution in [0.2, 0.25) is 0 Å².